The number of benzene rings is 1. The van der Waals surface area contributed by atoms with Gasteiger partial charge in [0.05, 0.1) is 6.04 Å². The molecule has 0 amide bonds. The maximum absolute atomic E-state index is 4.80. The normalized spacial score (nSPS) is 19.7. The average molecular weight is 201 g/mol. The lowest BCUT2D eigenvalue weighted by Crippen LogP contribution is -2.04. The maximum Gasteiger partial charge on any atom is 0.0515 e. The number of fused-ring (bicyclic) bond motifs is 2. The van der Waals surface area contributed by atoms with Gasteiger partial charge in [-0.2, -0.15) is 0 Å². The quantitative estimate of drug-likeness (QED) is 0.660. The molecule has 1 nitrogen and oxygen atoms in total. The van der Waals surface area contributed by atoms with Crippen LogP contribution in [0.5, 0.6) is 0 Å². The zero-order valence-electron chi connectivity index (χ0n) is 10.1. The van der Waals surface area contributed by atoms with E-state index in [1.807, 2.05) is 0 Å². The maximum atomic E-state index is 4.80. The van der Waals surface area contributed by atoms with Crippen molar-refractivity contribution in [3.63, 3.8) is 0 Å². The van der Waals surface area contributed by atoms with Gasteiger partial charge in [-0.15, -0.1) is 0 Å². The van der Waals surface area contributed by atoms with E-state index in [0.29, 0.717) is 6.04 Å². The summed E-state index contributed by atoms with van der Waals surface area (Å²) < 4.78 is 0. The fraction of sp³-hybridized carbons (Fsp3) is 0.500. The number of aryl methyl sites for hydroxylation is 1. The molecule has 1 atom stereocenters. The Morgan fingerprint density at radius 3 is 2.73 bits per heavy atom. The van der Waals surface area contributed by atoms with Gasteiger partial charge in [0, 0.05) is 5.71 Å². The van der Waals surface area contributed by atoms with Crippen molar-refractivity contribution in [2.45, 2.75) is 46.6 Å². The minimum Gasteiger partial charge on any atom is -0.286 e. The summed E-state index contributed by atoms with van der Waals surface area (Å²) in [6, 6.07) is 5.01. The molecule has 0 radical (unpaired) electrons. The van der Waals surface area contributed by atoms with Crippen molar-refractivity contribution in [1.82, 2.24) is 0 Å². The highest BCUT2D eigenvalue weighted by atomic mass is 14.8. The average Bonchev–Trinajstić information content (AvgIpc) is 2.26. The molecule has 2 bridgehead atoms. The van der Waals surface area contributed by atoms with E-state index in [9.17, 15) is 0 Å². The van der Waals surface area contributed by atoms with Crippen LogP contribution in [0.15, 0.2) is 17.1 Å². The molecular formula is C14H19N. The summed E-state index contributed by atoms with van der Waals surface area (Å²) in [5.41, 5.74) is 6.93. The zero-order valence-corrected chi connectivity index (χ0v) is 10.1. The molecule has 0 saturated heterocycles. The highest BCUT2D eigenvalue weighted by molar-refractivity contribution is 6.02. The van der Waals surface area contributed by atoms with Crippen LogP contribution in [0.1, 0.15) is 42.5 Å². The molecule has 15 heavy (non-hydrogen) atoms. The van der Waals surface area contributed by atoms with Crippen LogP contribution in [-0.2, 0) is 6.42 Å². The molecule has 0 N–H and O–H groups in total. The molecule has 1 aliphatic heterocycles. The first-order valence-electron chi connectivity index (χ1n) is 5.79. The van der Waals surface area contributed by atoms with Gasteiger partial charge in [-0.05, 0) is 56.4 Å². The van der Waals surface area contributed by atoms with E-state index in [0.717, 1.165) is 12.8 Å². The number of rotatable bonds is 1. The van der Waals surface area contributed by atoms with Gasteiger partial charge in [0.25, 0.3) is 0 Å². The second-order valence-corrected chi connectivity index (χ2v) is 4.58. The molecule has 1 heterocycles. The van der Waals surface area contributed by atoms with E-state index in [-0.39, 0.29) is 0 Å². The molecule has 0 saturated carbocycles. The molecule has 1 unspecified atom stereocenters. The zero-order chi connectivity index (χ0) is 11.0. The van der Waals surface area contributed by atoms with Crippen LogP contribution in [0, 0.1) is 13.8 Å². The molecule has 0 spiro atoms. The summed E-state index contributed by atoms with van der Waals surface area (Å²) in [5.74, 6) is 0. The van der Waals surface area contributed by atoms with E-state index < -0.39 is 0 Å². The summed E-state index contributed by atoms with van der Waals surface area (Å²) >= 11 is 0. The lowest BCUT2D eigenvalue weighted by molar-refractivity contribution is 0.741. The molecule has 0 aliphatic carbocycles. The number of nitrogens with zero attached hydrogens (tertiary/aromatic N) is 1. The number of hydrogen-bond acceptors (Lipinski definition) is 1. The van der Waals surface area contributed by atoms with Gasteiger partial charge in [-0.1, -0.05) is 18.6 Å². The third-order valence-corrected chi connectivity index (χ3v) is 3.20. The molecule has 0 aromatic heterocycles. The Labute approximate surface area is 92.2 Å². The van der Waals surface area contributed by atoms with Crippen LogP contribution in [0.25, 0.3) is 0 Å². The van der Waals surface area contributed by atoms with Gasteiger partial charge in [0.15, 0.2) is 0 Å². The molecule has 1 aromatic rings. The topological polar surface area (TPSA) is 12.4 Å². The smallest absolute Gasteiger partial charge is 0.0515 e. The van der Waals surface area contributed by atoms with E-state index in [4.69, 9.17) is 4.99 Å². The SMILES string of the molecule is CCC1=NC(C)Cc2cc(C)cc1c2C. The first-order chi connectivity index (χ1) is 7.11. The molecule has 1 heteroatoms. The predicted octanol–water partition coefficient (Wildman–Crippen LogP) is 3.45. The number of aliphatic imine (C=N–C) groups is 1. The fourth-order valence-corrected chi connectivity index (χ4v) is 2.43. The summed E-state index contributed by atoms with van der Waals surface area (Å²) in [7, 11) is 0. The summed E-state index contributed by atoms with van der Waals surface area (Å²) in [4.78, 5) is 4.80. The third kappa shape index (κ3) is 1.83. The van der Waals surface area contributed by atoms with E-state index >= 15 is 0 Å². The Morgan fingerprint density at radius 2 is 2.07 bits per heavy atom. The van der Waals surface area contributed by atoms with Gasteiger partial charge in [0.2, 0.25) is 0 Å². The van der Waals surface area contributed by atoms with Crippen molar-refractivity contribution in [3.05, 3.63) is 34.4 Å². The molecular weight excluding hydrogens is 182 g/mol. The molecule has 2 rings (SSSR count). The lowest BCUT2D eigenvalue weighted by atomic mass is 9.94. The van der Waals surface area contributed by atoms with Crippen LogP contribution in [-0.4, -0.2) is 11.8 Å². The summed E-state index contributed by atoms with van der Waals surface area (Å²) in [5, 5.41) is 0. The van der Waals surface area contributed by atoms with Gasteiger partial charge >= 0.3 is 0 Å². The first-order valence-corrected chi connectivity index (χ1v) is 5.79. The van der Waals surface area contributed by atoms with Crippen molar-refractivity contribution < 1.29 is 0 Å². The van der Waals surface area contributed by atoms with Crippen molar-refractivity contribution in [1.29, 1.82) is 0 Å². The largest absolute Gasteiger partial charge is 0.286 e. The second-order valence-electron chi connectivity index (χ2n) is 4.58. The van der Waals surface area contributed by atoms with Gasteiger partial charge in [0.1, 0.15) is 0 Å². The van der Waals surface area contributed by atoms with Gasteiger partial charge in [-0.3, -0.25) is 4.99 Å². The Morgan fingerprint density at radius 1 is 1.33 bits per heavy atom. The first kappa shape index (κ1) is 10.4. The van der Waals surface area contributed by atoms with Gasteiger partial charge < -0.3 is 0 Å². The number of hydrogen-bond donors (Lipinski definition) is 0. The van der Waals surface area contributed by atoms with Crippen LogP contribution < -0.4 is 0 Å². The third-order valence-electron chi connectivity index (χ3n) is 3.20. The Balaban J connectivity index is 2.65. The minimum absolute atomic E-state index is 0.429. The van der Waals surface area contributed by atoms with Crippen LogP contribution in [0.4, 0.5) is 0 Å². The summed E-state index contributed by atoms with van der Waals surface area (Å²) in [6.07, 6.45) is 2.12. The highest BCUT2D eigenvalue weighted by Crippen LogP contribution is 2.24. The molecule has 1 aromatic carbocycles. The van der Waals surface area contributed by atoms with Crippen molar-refractivity contribution in [2.24, 2.45) is 4.99 Å². The van der Waals surface area contributed by atoms with Crippen LogP contribution >= 0.6 is 0 Å². The van der Waals surface area contributed by atoms with Crippen LogP contribution in [0.2, 0.25) is 0 Å². The predicted molar refractivity (Wildman–Crippen MR) is 65.9 cm³/mol. The molecule has 1 aliphatic rings. The van der Waals surface area contributed by atoms with Crippen molar-refractivity contribution in [3.8, 4) is 0 Å². The standard InChI is InChI=1S/C14H19N/c1-5-14-13-7-9(2)6-12(11(13)4)8-10(3)15-14/h6-7,10H,5,8H2,1-4H3. The fourth-order valence-electron chi connectivity index (χ4n) is 2.43. The van der Waals surface area contributed by atoms with Crippen molar-refractivity contribution >= 4 is 5.71 Å². The van der Waals surface area contributed by atoms with E-state index in [1.165, 1.54) is 28.0 Å². The Hall–Kier alpha value is -1.11. The minimum atomic E-state index is 0.429. The lowest BCUT2D eigenvalue weighted by Gasteiger charge is -2.10. The molecule has 0 fully saturated rings. The summed E-state index contributed by atoms with van der Waals surface area (Å²) in [6.45, 7) is 8.81. The van der Waals surface area contributed by atoms with Crippen LogP contribution in [0.3, 0.4) is 0 Å². The highest BCUT2D eigenvalue weighted by Gasteiger charge is 2.16. The molecule has 80 valence electrons. The van der Waals surface area contributed by atoms with E-state index in [2.05, 4.69) is 39.8 Å². The monoisotopic (exact) mass is 201 g/mol. The Kier molecular flexibility index (Phi) is 2.64. The van der Waals surface area contributed by atoms with E-state index in [1.54, 1.807) is 0 Å². The van der Waals surface area contributed by atoms with Crippen molar-refractivity contribution in [2.75, 3.05) is 0 Å². The Bertz CT molecular complexity index is 416. The second kappa shape index (κ2) is 3.80. The van der Waals surface area contributed by atoms with Gasteiger partial charge in [-0.25, -0.2) is 0 Å².